The molecule has 0 saturated heterocycles. The van der Waals surface area contributed by atoms with Crippen LogP contribution in [0.15, 0.2) is 6.20 Å². The molecule has 0 aliphatic carbocycles. The molecule has 6 nitrogen and oxygen atoms in total. The molecule has 1 aromatic rings. The number of nitrogens with zero attached hydrogens (tertiary/aromatic N) is 2. The maximum Gasteiger partial charge on any atom is 0.319 e. The number of nitrogens with one attached hydrogen (secondary N) is 1. The Kier molecular flexibility index (Phi) is 2.85. The summed E-state index contributed by atoms with van der Waals surface area (Å²) >= 11 is 0. The predicted octanol–water partition coefficient (Wildman–Crippen LogP) is -0.209. The Labute approximate surface area is 81.1 Å². The zero-order chi connectivity index (χ0) is 10.7. The number of aryl methyl sites for hydroxylation is 2. The van der Waals surface area contributed by atoms with Crippen LogP contribution in [0.5, 0.6) is 0 Å². The molecule has 3 amide bonds. The van der Waals surface area contributed by atoms with Crippen LogP contribution in [-0.2, 0) is 13.5 Å². The van der Waals surface area contributed by atoms with Crippen molar-refractivity contribution in [3.8, 4) is 0 Å². The van der Waals surface area contributed by atoms with Crippen molar-refractivity contribution >= 4 is 11.9 Å². The monoisotopic (exact) mass is 196 g/mol. The van der Waals surface area contributed by atoms with Crippen molar-refractivity contribution in [3.05, 3.63) is 17.5 Å². The van der Waals surface area contributed by atoms with E-state index in [1.807, 2.05) is 12.2 Å². The van der Waals surface area contributed by atoms with Crippen LogP contribution >= 0.6 is 0 Å². The van der Waals surface area contributed by atoms with Crippen LogP contribution in [0.25, 0.3) is 0 Å². The third-order valence-electron chi connectivity index (χ3n) is 1.72. The lowest BCUT2D eigenvalue weighted by molar-refractivity contribution is 0.0965. The molecule has 0 spiro atoms. The van der Waals surface area contributed by atoms with Crippen molar-refractivity contribution in [1.82, 2.24) is 15.1 Å². The minimum atomic E-state index is -0.860. The normalized spacial score (nSPS) is 9.86. The second-order valence-electron chi connectivity index (χ2n) is 2.84. The van der Waals surface area contributed by atoms with Gasteiger partial charge in [-0.25, -0.2) is 4.79 Å². The molecular weight excluding hydrogens is 184 g/mol. The van der Waals surface area contributed by atoms with Gasteiger partial charge in [-0.3, -0.25) is 14.8 Å². The summed E-state index contributed by atoms with van der Waals surface area (Å²) in [6.07, 6.45) is 2.18. The molecule has 1 rings (SSSR count). The molecule has 1 aromatic heterocycles. The van der Waals surface area contributed by atoms with Crippen LogP contribution in [-0.4, -0.2) is 21.7 Å². The van der Waals surface area contributed by atoms with E-state index in [0.29, 0.717) is 17.7 Å². The fourth-order valence-electron chi connectivity index (χ4n) is 1.16. The molecule has 0 fully saturated rings. The number of imide groups is 1. The van der Waals surface area contributed by atoms with E-state index in [1.165, 1.54) is 4.68 Å². The van der Waals surface area contributed by atoms with Gasteiger partial charge in [0.15, 0.2) is 0 Å². The smallest absolute Gasteiger partial charge is 0.319 e. The Hall–Kier alpha value is -1.85. The first kappa shape index (κ1) is 10.2. The first-order chi connectivity index (χ1) is 6.54. The lowest BCUT2D eigenvalue weighted by atomic mass is 10.2. The summed E-state index contributed by atoms with van der Waals surface area (Å²) in [5, 5.41) is 6.05. The fraction of sp³-hybridized carbons (Fsp3) is 0.375. The molecule has 0 atom stereocenters. The molecule has 6 heteroatoms. The van der Waals surface area contributed by atoms with E-state index in [-0.39, 0.29) is 0 Å². The molecule has 0 bridgehead atoms. The molecule has 0 radical (unpaired) electrons. The van der Waals surface area contributed by atoms with Gasteiger partial charge < -0.3 is 5.73 Å². The highest BCUT2D eigenvalue weighted by Crippen LogP contribution is 2.06. The highest BCUT2D eigenvalue weighted by molar-refractivity contribution is 6.04. The molecule has 1 heterocycles. The summed E-state index contributed by atoms with van der Waals surface area (Å²) in [5.41, 5.74) is 5.86. The second-order valence-corrected chi connectivity index (χ2v) is 2.84. The third kappa shape index (κ3) is 2.09. The number of amides is 3. The van der Waals surface area contributed by atoms with Crippen molar-refractivity contribution < 1.29 is 9.59 Å². The second kappa shape index (κ2) is 3.91. The van der Waals surface area contributed by atoms with Gasteiger partial charge in [0.25, 0.3) is 5.91 Å². The summed E-state index contributed by atoms with van der Waals surface area (Å²) in [6, 6.07) is -0.860. The van der Waals surface area contributed by atoms with Crippen molar-refractivity contribution in [2.45, 2.75) is 13.3 Å². The number of hydrogen-bond donors (Lipinski definition) is 2. The molecule has 0 unspecified atom stereocenters. The maximum absolute atomic E-state index is 11.4. The van der Waals surface area contributed by atoms with E-state index in [9.17, 15) is 9.59 Å². The van der Waals surface area contributed by atoms with Gasteiger partial charge in [-0.1, -0.05) is 6.92 Å². The van der Waals surface area contributed by atoms with Crippen LogP contribution < -0.4 is 11.1 Å². The van der Waals surface area contributed by atoms with Crippen LogP contribution in [0.2, 0.25) is 0 Å². The molecule has 0 aliphatic heterocycles. The Morgan fingerprint density at radius 1 is 1.64 bits per heavy atom. The van der Waals surface area contributed by atoms with Crippen LogP contribution in [0, 0.1) is 0 Å². The van der Waals surface area contributed by atoms with Crippen molar-refractivity contribution in [3.63, 3.8) is 0 Å². The third-order valence-corrected chi connectivity index (χ3v) is 1.72. The summed E-state index contributed by atoms with van der Waals surface area (Å²) in [5.74, 6) is -0.512. The van der Waals surface area contributed by atoms with E-state index >= 15 is 0 Å². The highest BCUT2D eigenvalue weighted by Gasteiger charge is 2.14. The summed E-state index contributed by atoms with van der Waals surface area (Å²) in [7, 11) is 1.71. The van der Waals surface area contributed by atoms with Crippen molar-refractivity contribution in [1.29, 1.82) is 0 Å². The highest BCUT2D eigenvalue weighted by atomic mass is 16.2. The average molecular weight is 196 g/mol. The minimum absolute atomic E-state index is 0.383. The Bertz CT molecular complexity index is 369. The van der Waals surface area contributed by atoms with E-state index in [2.05, 4.69) is 5.10 Å². The van der Waals surface area contributed by atoms with E-state index in [4.69, 9.17) is 5.73 Å². The first-order valence-electron chi connectivity index (χ1n) is 4.18. The number of rotatable bonds is 2. The number of urea groups is 1. The van der Waals surface area contributed by atoms with Crippen LogP contribution in [0.4, 0.5) is 4.79 Å². The van der Waals surface area contributed by atoms with Gasteiger partial charge in [0, 0.05) is 13.2 Å². The Morgan fingerprint density at radius 3 is 2.79 bits per heavy atom. The van der Waals surface area contributed by atoms with Gasteiger partial charge >= 0.3 is 6.03 Å². The number of nitrogens with two attached hydrogens (primary N) is 1. The standard InChI is InChI=1S/C8H12N4O2/c1-3-6-5(4-12(2)11-6)7(13)10-8(9)14/h4H,3H2,1-2H3,(H3,9,10,13,14). The van der Waals surface area contributed by atoms with Crippen LogP contribution in [0.3, 0.4) is 0 Å². The van der Waals surface area contributed by atoms with Crippen LogP contribution in [0.1, 0.15) is 23.0 Å². The largest absolute Gasteiger partial charge is 0.351 e. The fourth-order valence-corrected chi connectivity index (χ4v) is 1.16. The lowest BCUT2D eigenvalue weighted by Crippen LogP contribution is -2.35. The van der Waals surface area contributed by atoms with Gasteiger partial charge in [-0.05, 0) is 6.42 Å². The topological polar surface area (TPSA) is 90.0 Å². The van der Waals surface area contributed by atoms with E-state index in [0.717, 1.165) is 0 Å². The maximum atomic E-state index is 11.4. The number of aromatic nitrogens is 2. The molecule has 14 heavy (non-hydrogen) atoms. The van der Waals surface area contributed by atoms with Gasteiger partial charge in [-0.2, -0.15) is 5.10 Å². The van der Waals surface area contributed by atoms with Crippen molar-refractivity contribution in [2.24, 2.45) is 12.8 Å². The molecule has 76 valence electrons. The number of carbonyl (C=O) groups is 2. The molecule has 0 aromatic carbocycles. The summed E-state index contributed by atoms with van der Waals surface area (Å²) < 4.78 is 1.52. The van der Waals surface area contributed by atoms with Crippen molar-refractivity contribution in [2.75, 3.05) is 0 Å². The predicted molar refractivity (Wildman–Crippen MR) is 49.6 cm³/mol. The van der Waals surface area contributed by atoms with Gasteiger partial charge in [-0.15, -0.1) is 0 Å². The summed E-state index contributed by atoms with van der Waals surface area (Å²) in [4.78, 5) is 21.8. The number of hydrogen-bond acceptors (Lipinski definition) is 3. The van der Waals surface area contributed by atoms with Gasteiger partial charge in [0.1, 0.15) is 0 Å². The molecule has 0 aliphatic rings. The zero-order valence-electron chi connectivity index (χ0n) is 8.07. The van der Waals surface area contributed by atoms with Gasteiger partial charge in [0.2, 0.25) is 0 Å². The minimum Gasteiger partial charge on any atom is -0.351 e. The lowest BCUT2D eigenvalue weighted by Gasteiger charge is -1.98. The zero-order valence-corrected chi connectivity index (χ0v) is 8.07. The average Bonchev–Trinajstić information content (AvgIpc) is 2.45. The Balaban J connectivity index is 2.93. The number of carbonyl (C=O) groups excluding carboxylic acids is 2. The SMILES string of the molecule is CCc1nn(C)cc1C(=O)NC(N)=O. The van der Waals surface area contributed by atoms with Gasteiger partial charge in [0.05, 0.1) is 11.3 Å². The quantitative estimate of drug-likeness (QED) is 0.685. The molecule has 3 N–H and O–H groups in total. The molecular formula is C8H12N4O2. The Morgan fingerprint density at radius 2 is 2.29 bits per heavy atom. The van der Waals surface area contributed by atoms with E-state index in [1.54, 1.807) is 13.2 Å². The molecule has 0 saturated carbocycles. The number of primary amides is 1. The van der Waals surface area contributed by atoms with E-state index < -0.39 is 11.9 Å². The first-order valence-corrected chi connectivity index (χ1v) is 4.18. The summed E-state index contributed by atoms with van der Waals surface area (Å²) in [6.45, 7) is 1.88.